The van der Waals surface area contributed by atoms with E-state index in [4.69, 9.17) is 4.74 Å². The number of likely N-dealkylation sites (tertiary alicyclic amines) is 1. The van der Waals surface area contributed by atoms with Gasteiger partial charge in [-0.2, -0.15) is 0 Å². The molecule has 2 aliphatic heterocycles. The zero-order valence-corrected chi connectivity index (χ0v) is 17.2. The molecule has 162 valence electrons. The first-order valence-electron chi connectivity index (χ1n) is 10.8. The van der Waals surface area contributed by atoms with Gasteiger partial charge < -0.3 is 25.4 Å². The van der Waals surface area contributed by atoms with Crippen LogP contribution in [0.3, 0.4) is 0 Å². The van der Waals surface area contributed by atoms with Crippen LogP contribution in [0.5, 0.6) is 5.75 Å². The molecule has 0 bridgehead atoms. The molecule has 2 fully saturated rings. The maximum atomic E-state index is 13.3. The molecule has 1 saturated carbocycles. The van der Waals surface area contributed by atoms with E-state index in [0.717, 1.165) is 67.7 Å². The lowest BCUT2D eigenvalue weighted by atomic mass is 9.90. The number of hydrogen-bond donors (Lipinski definition) is 3. The van der Waals surface area contributed by atoms with Crippen molar-refractivity contribution in [1.29, 1.82) is 0 Å². The quantitative estimate of drug-likeness (QED) is 0.637. The maximum absolute atomic E-state index is 13.3. The molecule has 3 aliphatic rings. The van der Waals surface area contributed by atoms with Crippen molar-refractivity contribution in [2.45, 2.75) is 38.5 Å². The Morgan fingerprint density at radius 1 is 1.16 bits per heavy atom. The van der Waals surface area contributed by atoms with Gasteiger partial charge in [0.05, 0.1) is 5.69 Å². The summed E-state index contributed by atoms with van der Waals surface area (Å²) in [6.45, 7) is 1.46. The zero-order valence-electron chi connectivity index (χ0n) is 17.2. The average Bonchev–Trinajstić information content (AvgIpc) is 3.54. The number of halogens is 1. The highest BCUT2D eigenvalue weighted by Gasteiger charge is 2.30. The molecule has 3 N–H and O–H groups in total. The number of anilines is 2. The van der Waals surface area contributed by atoms with Gasteiger partial charge in [0, 0.05) is 24.8 Å². The van der Waals surface area contributed by atoms with Crippen LogP contribution in [0.15, 0.2) is 53.7 Å². The highest BCUT2D eigenvalue weighted by atomic mass is 19.1. The average molecular weight is 423 g/mol. The Bertz CT molecular complexity index is 1010. The number of rotatable bonds is 5. The molecule has 1 atom stereocenters. The molecule has 31 heavy (non-hydrogen) atoms. The van der Waals surface area contributed by atoms with Crippen LogP contribution in [0.2, 0.25) is 0 Å². The fraction of sp³-hybridized carbons (Fsp3) is 0.375. The van der Waals surface area contributed by atoms with Gasteiger partial charge in [0.1, 0.15) is 17.3 Å². The summed E-state index contributed by atoms with van der Waals surface area (Å²) in [6, 6.07) is 12.2. The molecular weight excluding hydrogens is 397 g/mol. The van der Waals surface area contributed by atoms with Gasteiger partial charge in [-0.15, -0.1) is 0 Å². The maximum Gasteiger partial charge on any atom is 0.279 e. The van der Waals surface area contributed by atoms with Crippen molar-refractivity contribution in [2.24, 2.45) is 5.92 Å². The standard InChI is InChI=1S/C24H26FN3O3/c25-18-5-1-15(2-6-18)13-16-9-11-28(12-10-16)23(29)22(17-3-4-17)26-19-7-8-20-21(14-19)31-24(30)27-20/h1-2,5-8,14,16,24,26-27,30H,3-4,9-13H2. The monoisotopic (exact) mass is 423 g/mol. The second-order valence-electron chi connectivity index (χ2n) is 8.50. The topological polar surface area (TPSA) is 73.8 Å². The van der Waals surface area contributed by atoms with Gasteiger partial charge in [-0.3, -0.25) is 4.79 Å². The molecule has 0 aromatic heterocycles. The molecule has 0 radical (unpaired) electrons. The zero-order chi connectivity index (χ0) is 21.4. The van der Waals surface area contributed by atoms with Crippen LogP contribution < -0.4 is 15.4 Å². The van der Waals surface area contributed by atoms with Crippen molar-refractivity contribution >= 4 is 17.3 Å². The molecule has 1 amide bonds. The van der Waals surface area contributed by atoms with E-state index in [1.54, 1.807) is 6.07 Å². The predicted octanol–water partition coefficient (Wildman–Crippen LogP) is 3.85. The Balaban J connectivity index is 1.21. The second-order valence-corrected chi connectivity index (χ2v) is 8.50. The van der Waals surface area contributed by atoms with Crippen LogP contribution >= 0.6 is 0 Å². The molecule has 0 spiro atoms. The first kappa shape index (κ1) is 19.9. The highest BCUT2D eigenvalue weighted by Crippen LogP contribution is 2.37. The lowest BCUT2D eigenvalue weighted by Gasteiger charge is -2.33. The van der Waals surface area contributed by atoms with Gasteiger partial charge in [-0.1, -0.05) is 12.1 Å². The van der Waals surface area contributed by atoms with Crippen molar-refractivity contribution in [3.8, 4) is 5.75 Å². The van der Waals surface area contributed by atoms with E-state index >= 15 is 0 Å². The summed E-state index contributed by atoms with van der Waals surface area (Å²) in [5.41, 5.74) is 4.46. The van der Waals surface area contributed by atoms with E-state index in [0.29, 0.717) is 17.4 Å². The molecule has 2 aromatic carbocycles. The van der Waals surface area contributed by atoms with E-state index in [2.05, 4.69) is 10.6 Å². The normalized spacial score (nSPS) is 20.0. The van der Waals surface area contributed by atoms with Crippen molar-refractivity contribution in [1.82, 2.24) is 4.90 Å². The van der Waals surface area contributed by atoms with Crippen molar-refractivity contribution in [3.05, 3.63) is 65.1 Å². The molecular formula is C24H26FN3O3. The number of benzene rings is 2. The highest BCUT2D eigenvalue weighted by molar-refractivity contribution is 5.98. The SMILES string of the molecule is O=C(C(Nc1ccc2c(c1)OC(O)N2)=C1CC1)N1CCC(Cc2ccc(F)cc2)CC1. The Kier molecular flexibility index (Phi) is 5.28. The third-order valence-electron chi connectivity index (χ3n) is 6.18. The van der Waals surface area contributed by atoms with Crippen LogP contribution in [-0.4, -0.2) is 35.4 Å². The lowest BCUT2D eigenvalue weighted by molar-refractivity contribution is -0.128. The van der Waals surface area contributed by atoms with Crippen LogP contribution in [0.25, 0.3) is 0 Å². The molecule has 1 unspecified atom stereocenters. The van der Waals surface area contributed by atoms with Gasteiger partial charge in [0.15, 0.2) is 0 Å². The fourth-order valence-corrected chi connectivity index (χ4v) is 4.30. The second kappa shape index (κ2) is 8.23. The molecule has 7 heteroatoms. The number of hydrogen-bond acceptors (Lipinski definition) is 5. The van der Waals surface area contributed by atoms with Crippen LogP contribution in [0.4, 0.5) is 15.8 Å². The van der Waals surface area contributed by atoms with E-state index in [1.807, 2.05) is 29.2 Å². The van der Waals surface area contributed by atoms with Crippen molar-refractivity contribution in [3.63, 3.8) is 0 Å². The minimum Gasteiger partial charge on any atom is -0.445 e. The molecule has 5 rings (SSSR count). The molecule has 2 heterocycles. The lowest BCUT2D eigenvalue weighted by Crippen LogP contribution is -2.40. The van der Waals surface area contributed by atoms with E-state index in [-0.39, 0.29) is 11.7 Å². The Morgan fingerprint density at radius 3 is 2.61 bits per heavy atom. The summed E-state index contributed by atoms with van der Waals surface area (Å²) in [5.74, 6) is 0.908. The summed E-state index contributed by atoms with van der Waals surface area (Å²) < 4.78 is 18.4. The number of carbonyl (C=O) groups is 1. The summed E-state index contributed by atoms with van der Waals surface area (Å²) >= 11 is 0. The first-order chi connectivity index (χ1) is 15.0. The van der Waals surface area contributed by atoms with Crippen molar-refractivity contribution in [2.75, 3.05) is 23.7 Å². The smallest absolute Gasteiger partial charge is 0.279 e. The molecule has 1 saturated heterocycles. The van der Waals surface area contributed by atoms with Crippen LogP contribution in [0, 0.1) is 11.7 Å². The third-order valence-corrected chi connectivity index (χ3v) is 6.18. The van der Waals surface area contributed by atoms with Gasteiger partial charge >= 0.3 is 0 Å². The van der Waals surface area contributed by atoms with E-state index in [1.165, 1.54) is 12.1 Å². The summed E-state index contributed by atoms with van der Waals surface area (Å²) in [5, 5.41) is 15.7. The number of aliphatic hydroxyl groups excluding tert-OH is 1. The fourth-order valence-electron chi connectivity index (χ4n) is 4.30. The van der Waals surface area contributed by atoms with E-state index < -0.39 is 6.41 Å². The number of ether oxygens (including phenoxy) is 1. The van der Waals surface area contributed by atoms with Gasteiger partial charge in [0.25, 0.3) is 12.3 Å². The minimum absolute atomic E-state index is 0.0484. The van der Waals surface area contributed by atoms with Gasteiger partial charge in [0.2, 0.25) is 0 Å². The number of nitrogens with one attached hydrogen (secondary N) is 2. The number of piperidine rings is 1. The van der Waals surface area contributed by atoms with Crippen LogP contribution in [0.1, 0.15) is 31.2 Å². The molecule has 2 aromatic rings. The first-order valence-corrected chi connectivity index (χ1v) is 10.8. The van der Waals surface area contributed by atoms with Crippen molar-refractivity contribution < 1.29 is 19.0 Å². The molecule has 6 nitrogen and oxygen atoms in total. The number of carbonyl (C=O) groups excluding carboxylic acids is 1. The summed E-state index contributed by atoms with van der Waals surface area (Å²) in [6.07, 6.45) is 3.66. The molecule has 1 aliphatic carbocycles. The Morgan fingerprint density at radius 2 is 1.90 bits per heavy atom. The number of amides is 1. The minimum atomic E-state index is -1.04. The largest absolute Gasteiger partial charge is 0.445 e. The van der Waals surface area contributed by atoms with Gasteiger partial charge in [-0.05, 0) is 73.4 Å². The number of nitrogens with zero attached hydrogens (tertiary/aromatic N) is 1. The van der Waals surface area contributed by atoms with Crippen LogP contribution in [-0.2, 0) is 11.2 Å². The number of fused-ring (bicyclic) bond motifs is 1. The van der Waals surface area contributed by atoms with Gasteiger partial charge in [-0.25, -0.2) is 4.39 Å². The Hall–Kier alpha value is -3.06. The summed E-state index contributed by atoms with van der Waals surface area (Å²) in [4.78, 5) is 15.2. The summed E-state index contributed by atoms with van der Waals surface area (Å²) in [7, 11) is 0. The Labute approximate surface area is 180 Å². The van der Waals surface area contributed by atoms with E-state index in [9.17, 15) is 14.3 Å². The predicted molar refractivity (Wildman–Crippen MR) is 116 cm³/mol. The number of allylic oxidation sites excluding steroid dienone is 1. The third kappa shape index (κ3) is 4.51. The number of aliphatic hydroxyl groups is 1.